The third-order valence-electron chi connectivity index (χ3n) is 3.08. The van der Waals surface area contributed by atoms with Crippen LogP contribution in [-0.4, -0.2) is 41.7 Å². The smallest absolute Gasteiger partial charge is 0.238 e. The molecule has 1 amide bonds. The Morgan fingerprint density at radius 2 is 2.26 bits per heavy atom. The molecule has 1 aliphatic carbocycles. The molecule has 5 nitrogen and oxygen atoms in total. The number of nitrogen functional groups attached to an aromatic ring is 1. The van der Waals surface area contributed by atoms with Gasteiger partial charge in [0.15, 0.2) is 0 Å². The first-order chi connectivity index (χ1) is 9.10. The molecule has 19 heavy (non-hydrogen) atoms. The van der Waals surface area contributed by atoms with E-state index < -0.39 is 5.82 Å². The van der Waals surface area contributed by atoms with Crippen LogP contribution in [0.2, 0.25) is 0 Å². The minimum Gasteiger partial charge on any atom is -0.397 e. The average Bonchev–Trinajstić information content (AvgIpc) is 3.16. The number of aliphatic hydroxyl groups is 1. The number of anilines is 2. The number of carbonyl (C=O) groups excluding carboxylic acids is 1. The van der Waals surface area contributed by atoms with Crippen LogP contribution in [0.5, 0.6) is 0 Å². The predicted octanol–water partition coefficient (Wildman–Crippen LogP) is 0.803. The van der Waals surface area contributed by atoms with Gasteiger partial charge in [0.2, 0.25) is 5.91 Å². The molecule has 6 heteroatoms. The number of aliphatic hydroxyl groups excluding tert-OH is 1. The monoisotopic (exact) mass is 267 g/mol. The third kappa shape index (κ3) is 3.90. The van der Waals surface area contributed by atoms with Crippen molar-refractivity contribution in [3.63, 3.8) is 0 Å². The van der Waals surface area contributed by atoms with E-state index in [-0.39, 0.29) is 24.7 Å². The van der Waals surface area contributed by atoms with E-state index in [0.717, 1.165) is 12.8 Å². The Labute approximate surface area is 111 Å². The fraction of sp³-hybridized carbons (Fsp3) is 0.462. The van der Waals surface area contributed by atoms with Crippen LogP contribution in [0.4, 0.5) is 15.8 Å². The van der Waals surface area contributed by atoms with Crippen LogP contribution in [0.3, 0.4) is 0 Å². The van der Waals surface area contributed by atoms with Gasteiger partial charge in [-0.05, 0) is 31.0 Å². The van der Waals surface area contributed by atoms with Crippen molar-refractivity contribution in [3.05, 3.63) is 24.0 Å². The number of benzene rings is 1. The van der Waals surface area contributed by atoms with Gasteiger partial charge in [-0.2, -0.15) is 0 Å². The minimum absolute atomic E-state index is 0.0302. The normalized spacial score (nSPS) is 14.7. The summed E-state index contributed by atoms with van der Waals surface area (Å²) in [5, 5.41) is 11.6. The van der Waals surface area contributed by atoms with Gasteiger partial charge >= 0.3 is 0 Å². The van der Waals surface area contributed by atoms with Crippen molar-refractivity contribution in [2.24, 2.45) is 0 Å². The lowest BCUT2D eigenvalue weighted by molar-refractivity contribution is -0.117. The molecule has 0 spiro atoms. The summed E-state index contributed by atoms with van der Waals surface area (Å²) in [5.74, 6) is -0.644. The highest BCUT2D eigenvalue weighted by Gasteiger charge is 2.29. The molecular weight excluding hydrogens is 249 g/mol. The summed E-state index contributed by atoms with van der Waals surface area (Å²) in [6.45, 7) is 0.724. The van der Waals surface area contributed by atoms with Gasteiger partial charge in [0.05, 0.1) is 24.5 Å². The van der Waals surface area contributed by atoms with Crippen LogP contribution in [0.1, 0.15) is 12.8 Å². The number of nitrogens with zero attached hydrogens (tertiary/aromatic N) is 1. The van der Waals surface area contributed by atoms with Crippen molar-refractivity contribution in [2.45, 2.75) is 18.9 Å². The summed E-state index contributed by atoms with van der Waals surface area (Å²) in [5.41, 5.74) is 6.23. The van der Waals surface area contributed by atoms with E-state index in [0.29, 0.717) is 18.3 Å². The van der Waals surface area contributed by atoms with Gasteiger partial charge in [-0.1, -0.05) is 0 Å². The number of hydrogen-bond donors (Lipinski definition) is 3. The largest absolute Gasteiger partial charge is 0.397 e. The predicted molar refractivity (Wildman–Crippen MR) is 71.1 cm³/mol. The second kappa shape index (κ2) is 5.99. The van der Waals surface area contributed by atoms with Crippen LogP contribution in [0, 0.1) is 5.82 Å². The summed E-state index contributed by atoms with van der Waals surface area (Å²) < 4.78 is 12.9. The highest BCUT2D eigenvalue weighted by molar-refractivity contribution is 5.95. The topological polar surface area (TPSA) is 78.6 Å². The number of amides is 1. The maximum absolute atomic E-state index is 12.9. The summed E-state index contributed by atoms with van der Waals surface area (Å²) in [6.07, 6.45) is 2.12. The summed E-state index contributed by atoms with van der Waals surface area (Å²) in [6, 6.07) is 4.25. The van der Waals surface area contributed by atoms with Crippen LogP contribution >= 0.6 is 0 Å². The van der Waals surface area contributed by atoms with Gasteiger partial charge in [0.25, 0.3) is 0 Å². The average molecular weight is 267 g/mol. The zero-order valence-electron chi connectivity index (χ0n) is 10.6. The third-order valence-corrected chi connectivity index (χ3v) is 3.08. The van der Waals surface area contributed by atoms with Crippen LogP contribution in [-0.2, 0) is 4.79 Å². The lowest BCUT2D eigenvalue weighted by Crippen LogP contribution is -2.36. The molecule has 0 radical (unpaired) electrons. The molecule has 0 unspecified atom stereocenters. The van der Waals surface area contributed by atoms with Gasteiger partial charge in [-0.3, -0.25) is 9.69 Å². The van der Waals surface area contributed by atoms with Gasteiger partial charge in [0.1, 0.15) is 5.82 Å². The number of rotatable bonds is 6. The Morgan fingerprint density at radius 3 is 2.84 bits per heavy atom. The summed E-state index contributed by atoms with van der Waals surface area (Å²) in [7, 11) is 0. The summed E-state index contributed by atoms with van der Waals surface area (Å²) in [4.78, 5) is 13.8. The van der Waals surface area contributed by atoms with E-state index in [4.69, 9.17) is 10.8 Å². The Hall–Kier alpha value is -1.66. The first-order valence-electron chi connectivity index (χ1n) is 6.30. The first-order valence-corrected chi connectivity index (χ1v) is 6.30. The van der Waals surface area contributed by atoms with Crippen molar-refractivity contribution in [1.82, 2.24) is 4.90 Å². The van der Waals surface area contributed by atoms with Crippen LogP contribution in [0.25, 0.3) is 0 Å². The van der Waals surface area contributed by atoms with Crippen molar-refractivity contribution in [2.75, 3.05) is 30.7 Å². The van der Waals surface area contributed by atoms with Gasteiger partial charge in [-0.15, -0.1) is 0 Å². The SMILES string of the molecule is Nc1cc(F)ccc1NC(=O)CN(CCO)C1CC1. The van der Waals surface area contributed by atoms with Gasteiger partial charge in [-0.25, -0.2) is 4.39 Å². The van der Waals surface area contributed by atoms with E-state index in [1.807, 2.05) is 4.90 Å². The van der Waals surface area contributed by atoms with E-state index in [2.05, 4.69) is 5.32 Å². The molecule has 0 heterocycles. The molecular formula is C13H18FN3O2. The molecule has 1 aromatic carbocycles. The Balaban J connectivity index is 1.92. The van der Waals surface area contributed by atoms with E-state index in [9.17, 15) is 9.18 Å². The van der Waals surface area contributed by atoms with Crippen molar-refractivity contribution in [1.29, 1.82) is 0 Å². The van der Waals surface area contributed by atoms with Gasteiger partial charge < -0.3 is 16.2 Å². The molecule has 1 saturated carbocycles. The molecule has 0 aromatic heterocycles. The molecule has 0 atom stereocenters. The molecule has 4 N–H and O–H groups in total. The fourth-order valence-electron chi connectivity index (χ4n) is 1.98. The van der Waals surface area contributed by atoms with E-state index in [1.165, 1.54) is 18.2 Å². The second-order valence-electron chi connectivity index (χ2n) is 4.71. The minimum atomic E-state index is -0.435. The second-order valence-corrected chi connectivity index (χ2v) is 4.71. The molecule has 2 rings (SSSR count). The van der Waals surface area contributed by atoms with Crippen molar-refractivity contribution in [3.8, 4) is 0 Å². The number of nitrogens with two attached hydrogens (primary N) is 1. The Morgan fingerprint density at radius 1 is 1.53 bits per heavy atom. The molecule has 1 aliphatic rings. The maximum Gasteiger partial charge on any atom is 0.238 e. The molecule has 1 fully saturated rings. The first kappa shape index (κ1) is 13.8. The standard InChI is InChI=1S/C13H18FN3O2/c14-9-1-4-12(11(15)7-9)16-13(19)8-17(5-6-18)10-2-3-10/h1,4,7,10,18H,2-3,5-6,8,15H2,(H,16,19). The molecule has 0 bridgehead atoms. The highest BCUT2D eigenvalue weighted by Crippen LogP contribution is 2.26. The van der Waals surface area contributed by atoms with Crippen LogP contribution in [0.15, 0.2) is 18.2 Å². The van der Waals surface area contributed by atoms with E-state index in [1.54, 1.807) is 0 Å². The van der Waals surface area contributed by atoms with Crippen molar-refractivity contribution < 1.29 is 14.3 Å². The Bertz CT molecular complexity index is 463. The molecule has 0 aliphatic heterocycles. The number of carbonyl (C=O) groups is 1. The number of nitrogens with one attached hydrogen (secondary N) is 1. The quantitative estimate of drug-likeness (QED) is 0.666. The Kier molecular flexibility index (Phi) is 4.34. The zero-order valence-corrected chi connectivity index (χ0v) is 10.6. The molecule has 0 saturated heterocycles. The number of halogens is 1. The summed E-state index contributed by atoms with van der Waals surface area (Å²) >= 11 is 0. The lowest BCUT2D eigenvalue weighted by Gasteiger charge is -2.20. The fourth-order valence-corrected chi connectivity index (χ4v) is 1.98. The van der Waals surface area contributed by atoms with Gasteiger partial charge in [0, 0.05) is 12.6 Å². The maximum atomic E-state index is 12.9. The van der Waals surface area contributed by atoms with E-state index >= 15 is 0 Å². The van der Waals surface area contributed by atoms with Crippen molar-refractivity contribution >= 4 is 17.3 Å². The molecule has 104 valence electrons. The number of hydrogen-bond acceptors (Lipinski definition) is 4. The zero-order chi connectivity index (χ0) is 13.8. The molecule has 1 aromatic rings. The highest BCUT2D eigenvalue weighted by atomic mass is 19.1. The lowest BCUT2D eigenvalue weighted by atomic mass is 10.2. The van der Waals surface area contributed by atoms with Crippen LogP contribution < -0.4 is 11.1 Å².